The molecular formula is C13H15Cl2NO4S. The Morgan fingerprint density at radius 1 is 1.33 bits per heavy atom. The molecule has 0 saturated carbocycles. The molecule has 5 nitrogen and oxygen atoms in total. The number of carboxylic acids is 1. The van der Waals surface area contributed by atoms with Crippen molar-refractivity contribution in [2.45, 2.75) is 24.7 Å². The average Bonchev–Trinajstić information content (AvgIpc) is 2.41. The van der Waals surface area contributed by atoms with Gasteiger partial charge < -0.3 is 5.11 Å². The van der Waals surface area contributed by atoms with Crippen LogP contribution in [0, 0.1) is 5.41 Å². The molecule has 116 valence electrons. The number of piperidine rings is 1. The molecule has 0 aliphatic carbocycles. The number of benzene rings is 1. The molecule has 2 rings (SSSR count). The summed E-state index contributed by atoms with van der Waals surface area (Å²) in [5.74, 6) is -0.989. The minimum atomic E-state index is -3.78. The highest BCUT2D eigenvalue weighted by Gasteiger charge is 2.42. The fourth-order valence-corrected chi connectivity index (χ4v) is 4.35. The van der Waals surface area contributed by atoms with E-state index in [0.717, 1.165) is 0 Å². The molecule has 8 heteroatoms. The van der Waals surface area contributed by atoms with Gasteiger partial charge in [0.15, 0.2) is 0 Å². The monoisotopic (exact) mass is 351 g/mol. The molecule has 1 atom stereocenters. The summed E-state index contributed by atoms with van der Waals surface area (Å²) < 4.78 is 26.4. The number of hydrogen-bond acceptors (Lipinski definition) is 3. The minimum absolute atomic E-state index is 0.0199. The third-order valence-electron chi connectivity index (χ3n) is 3.71. The summed E-state index contributed by atoms with van der Waals surface area (Å²) in [6, 6.07) is 4.07. The molecule has 0 bridgehead atoms. The summed E-state index contributed by atoms with van der Waals surface area (Å²) in [6.07, 6.45) is 0.957. The van der Waals surface area contributed by atoms with Gasteiger partial charge in [0, 0.05) is 13.1 Å². The zero-order valence-corrected chi connectivity index (χ0v) is 13.7. The standard InChI is InChI=1S/C13H15Cl2NO4S/c1-13(12(17)18)5-2-6-16(8-13)21(19,20)9-3-4-10(14)11(15)7-9/h3-4,7H,2,5-6,8H2,1H3,(H,17,18). The summed E-state index contributed by atoms with van der Waals surface area (Å²) in [5.41, 5.74) is -1.07. The lowest BCUT2D eigenvalue weighted by atomic mass is 9.83. The van der Waals surface area contributed by atoms with Gasteiger partial charge in [-0.25, -0.2) is 8.42 Å². The summed E-state index contributed by atoms with van der Waals surface area (Å²) in [4.78, 5) is 11.3. The minimum Gasteiger partial charge on any atom is -0.481 e. The van der Waals surface area contributed by atoms with E-state index >= 15 is 0 Å². The van der Waals surface area contributed by atoms with Crippen LogP contribution in [0.1, 0.15) is 19.8 Å². The average molecular weight is 352 g/mol. The molecule has 0 aromatic heterocycles. The van der Waals surface area contributed by atoms with E-state index in [1.165, 1.54) is 22.5 Å². The first-order valence-corrected chi connectivity index (χ1v) is 8.55. The van der Waals surface area contributed by atoms with Gasteiger partial charge in [-0.1, -0.05) is 23.2 Å². The molecule has 0 radical (unpaired) electrons. The number of aliphatic carboxylic acids is 1. The van der Waals surface area contributed by atoms with Gasteiger partial charge in [0.2, 0.25) is 10.0 Å². The van der Waals surface area contributed by atoms with Crippen LogP contribution >= 0.6 is 23.2 Å². The molecule has 21 heavy (non-hydrogen) atoms. The number of halogens is 2. The Morgan fingerprint density at radius 2 is 2.00 bits per heavy atom. The lowest BCUT2D eigenvalue weighted by Gasteiger charge is -2.36. The van der Waals surface area contributed by atoms with Crippen LogP contribution in [0.5, 0.6) is 0 Å². The Morgan fingerprint density at radius 3 is 2.57 bits per heavy atom. The van der Waals surface area contributed by atoms with Gasteiger partial charge in [-0.05, 0) is 38.0 Å². The summed E-state index contributed by atoms with van der Waals surface area (Å²) >= 11 is 11.6. The Hall–Kier alpha value is -0.820. The van der Waals surface area contributed by atoms with Crippen molar-refractivity contribution in [3.63, 3.8) is 0 Å². The molecule has 1 N–H and O–H groups in total. The van der Waals surface area contributed by atoms with Crippen molar-refractivity contribution in [2.24, 2.45) is 5.41 Å². The zero-order chi connectivity index (χ0) is 15.8. The maximum absolute atomic E-state index is 12.6. The van der Waals surface area contributed by atoms with Crippen LogP contribution in [0.15, 0.2) is 23.1 Å². The van der Waals surface area contributed by atoms with Crippen molar-refractivity contribution >= 4 is 39.2 Å². The van der Waals surface area contributed by atoms with E-state index in [9.17, 15) is 18.3 Å². The van der Waals surface area contributed by atoms with E-state index in [0.29, 0.717) is 19.4 Å². The molecule has 1 aromatic carbocycles. The van der Waals surface area contributed by atoms with Gasteiger partial charge in [-0.2, -0.15) is 4.31 Å². The number of hydrogen-bond donors (Lipinski definition) is 1. The second-order valence-electron chi connectivity index (χ2n) is 5.38. The van der Waals surface area contributed by atoms with Crippen LogP contribution in [0.2, 0.25) is 10.0 Å². The first-order valence-electron chi connectivity index (χ1n) is 6.35. The molecule has 1 fully saturated rings. The van der Waals surface area contributed by atoms with Crippen LogP contribution < -0.4 is 0 Å². The first-order chi connectivity index (χ1) is 9.67. The van der Waals surface area contributed by atoms with Crippen molar-refractivity contribution in [2.75, 3.05) is 13.1 Å². The van der Waals surface area contributed by atoms with E-state index in [2.05, 4.69) is 0 Å². The SMILES string of the molecule is CC1(C(=O)O)CCCN(S(=O)(=O)c2ccc(Cl)c(Cl)c2)C1. The molecule has 1 unspecified atom stereocenters. The lowest BCUT2D eigenvalue weighted by Crippen LogP contribution is -2.48. The number of carboxylic acid groups (broad SMARTS) is 1. The predicted molar refractivity (Wildman–Crippen MR) is 80.2 cm³/mol. The molecular weight excluding hydrogens is 337 g/mol. The van der Waals surface area contributed by atoms with Gasteiger partial charge in [0.05, 0.1) is 20.4 Å². The van der Waals surface area contributed by atoms with E-state index in [4.69, 9.17) is 23.2 Å². The fourth-order valence-electron chi connectivity index (χ4n) is 2.36. The number of sulfonamides is 1. The van der Waals surface area contributed by atoms with E-state index < -0.39 is 21.4 Å². The molecule has 1 heterocycles. The summed E-state index contributed by atoms with van der Waals surface area (Å²) in [7, 11) is -3.78. The van der Waals surface area contributed by atoms with Gasteiger partial charge >= 0.3 is 5.97 Å². The number of carbonyl (C=O) groups is 1. The fraction of sp³-hybridized carbons (Fsp3) is 0.462. The van der Waals surface area contributed by atoms with Crippen molar-refractivity contribution in [3.8, 4) is 0 Å². The largest absolute Gasteiger partial charge is 0.481 e. The second-order valence-corrected chi connectivity index (χ2v) is 8.14. The zero-order valence-electron chi connectivity index (χ0n) is 11.3. The maximum Gasteiger partial charge on any atom is 0.310 e. The topological polar surface area (TPSA) is 74.7 Å². The van der Waals surface area contributed by atoms with Gasteiger partial charge in [0.25, 0.3) is 0 Å². The van der Waals surface area contributed by atoms with E-state index in [1.807, 2.05) is 0 Å². The maximum atomic E-state index is 12.6. The Kier molecular flexibility index (Phi) is 4.54. The molecule has 0 amide bonds. The third-order valence-corrected chi connectivity index (χ3v) is 6.29. The van der Waals surface area contributed by atoms with Crippen molar-refractivity contribution in [1.29, 1.82) is 0 Å². The van der Waals surface area contributed by atoms with Crippen LogP contribution in [-0.2, 0) is 14.8 Å². The smallest absolute Gasteiger partial charge is 0.310 e. The molecule has 1 saturated heterocycles. The lowest BCUT2D eigenvalue weighted by molar-refractivity contribution is -0.150. The van der Waals surface area contributed by atoms with Gasteiger partial charge in [-0.3, -0.25) is 4.79 Å². The predicted octanol–water partition coefficient (Wildman–Crippen LogP) is 2.87. The molecule has 1 aliphatic heterocycles. The quantitative estimate of drug-likeness (QED) is 0.908. The van der Waals surface area contributed by atoms with Gasteiger partial charge in [-0.15, -0.1) is 0 Å². The first kappa shape index (κ1) is 16.5. The Labute approximate surface area is 133 Å². The van der Waals surface area contributed by atoms with Crippen molar-refractivity contribution in [1.82, 2.24) is 4.31 Å². The third kappa shape index (κ3) is 3.18. The molecule has 1 aromatic rings. The summed E-state index contributed by atoms with van der Waals surface area (Å²) in [6.45, 7) is 1.81. The second kappa shape index (κ2) is 5.76. The molecule has 0 spiro atoms. The molecule has 1 aliphatic rings. The summed E-state index contributed by atoms with van der Waals surface area (Å²) in [5, 5.41) is 9.69. The highest BCUT2D eigenvalue weighted by Crippen LogP contribution is 2.34. The van der Waals surface area contributed by atoms with Crippen LogP contribution in [-0.4, -0.2) is 36.9 Å². The van der Waals surface area contributed by atoms with E-state index in [1.54, 1.807) is 6.92 Å². The Balaban J connectivity index is 2.35. The van der Waals surface area contributed by atoms with Crippen LogP contribution in [0.3, 0.4) is 0 Å². The normalized spacial score (nSPS) is 24.0. The van der Waals surface area contributed by atoms with E-state index in [-0.39, 0.29) is 21.5 Å². The number of nitrogens with zero attached hydrogens (tertiary/aromatic N) is 1. The van der Waals surface area contributed by atoms with Crippen LogP contribution in [0.4, 0.5) is 0 Å². The van der Waals surface area contributed by atoms with Crippen molar-refractivity contribution in [3.05, 3.63) is 28.2 Å². The van der Waals surface area contributed by atoms with Gasteiger partial charge in [0.1, 0.15) is 0 Å². The number of rotatable bonds is 3. The highest BCUT2D eigenvalue weighted by atomic mass is 35.5. The van der Waals surface area contributed by atoms with Crippen LogP contribution in [0.25, 0.3) is 0 Å². The highest BCUT2D eigenvalue weighted by molar-refractivity contribution is 7.89. The Bertz CT molecular complexity index is 677. The van der Waals surface area contributed by atoms with Crippen molar-refractivity contribution < 1.29 is 18.3 Å².